The van der Waals surface area contributed by atoms with Crippen LogP contribution in [0.5, 0.6) is 0 Å². The average Bonchev–Trinajstić information content (AvgIpc) is 1.25. The molecule has 0 N–H and O–H groups in total. The first-order chi connectivity index (χ1) is 3.46. The van der Waals surface area contributed by atoms with Crippen LogP contribution < -0.4 is 19.2 Å². The van der Waals surface area contributed by atoms with Crippen LogP contribution in [-0.2, 0) is 8.92 Å². The van der Waals surface area contributed by atoms with Crippen molar-refractivity contribution >= 4 is 45.6 Å². The fraction of sp³-hybridized carbons (Fsp3) is 0. The Morgan fingerprint density at radius 1 is 0.778 bits per heavy atom. The van der Waals surface area contributed by atoms with Gasteiger partial charge in [0, 0.05) is 18.3 Å². The molecule has 0 saturated heterocycles. The van der Waals surface area contributed by atoms with E-state index in [0.29, 0.717) is 0 Å². The van der Waals surface area contributed by atoms with Crippen LogP contribution in [0.3, 0.4) is 0 Å². The Balaban J connectivity index is -0.0000000720. The van der Waals surface area contributed by atoms with E-state index in [1.54, 1.807) is 0 Å². The molecule has 0 aliphatic rings. The second kappa shape index (κ2) is 11.0. The van der Waals surface area contributed by atoms with E-state index in [1.165, 1.54) is 0 Å². The van der Waals surface area contributed by atoms with E-state index in [-0.39, 0.29) is 27.3 Å². The maximum absolute atomic E-state index is 8.52. The summed E-state index contributed by atoms with van der Waals surface area (Å²) in [6.07, 6.45) is 0. The summed E-state index contributed by atoms with van der Waals surface area (Å²) in [5.41, 5.74) is 0. The Labute approximate surface area is 73.7 Å². The minimum atomic E-state index is -3.63. The fourth-order valence-corrected chi connectivity index (χ4v) is 0. The summed E-state index contributed by atoms with van der Waals surface area (Å²) in [6.45, 7) is 0. The molecule has 0 unspecified atom stereocenters. The van der Waals surface area contributed by atoms with Crippen LogP contribution in [0, 0.1) is 0 Å². The van der Waals surface area contributed by atoms with Crippen LogP contribution in [0.15, 0.2) is 0 Å². The summed E-state index contributed by atoms with van der Waals surface area (Å²) in [4.78, 5) is 34.1. The number of rotatable bonds is 0. The van der Waals surface area contributed by atoms with Crippen molar-refractivity contribution < 1.29 is 28.1 Å². The monoisotopic (exact) mass is 360 g/mol. The SMILES string of the molecule is O=[Si]([O-])[O-].O=[Si]([O-])[O-].[Pb+4]. The second-order valence-electron chi connectivity index (χ2n) is 0.500. The summed E-state index contributed by atoms with van der Waals surface area (Å²) in [7, 11) is -7.26. The van der Waals surface area contributed by atoms with Crippen molar-refractivity contribution in [2.75, 3.05) is 0 Å². The van der Waals surface area contributed by atoms with Crippen LogP contribution in [0.1, 0.15) is 0 Å². The van der Waals surface area contributed by atoms with Crippen LogP contribution in [0.25, 0.3) is 0 Å². The van der Waals surface area contributed by atoms with Gasteiger partial charge in [-0.2, -0.15) is 0 Å². The van der Waals surface area contributed by atoms with E-state index in [9.17, 15) is 0 Å². The zero-order chi connectivity index (χ0) is 7.15. The molecule has 0 aromatic heterocycles. The molecule has 0 aliphatic heterocycles. The summed E-state index contributed by atoms with van der Waals surface area (Å²) in [5, 5.41) is 0. The molecule has 9 heavy (non-hydrogen) atoms. The Morgan fingerprint density at radius 3 is 0.778 bits per heavy atom. The smallest absolute Gasteiger partial charge is 0.672 e. The number of hydrogen-bond acceptors (Lipinski definition) is 6. The van der Waals surface area contributed by atoms with Gasteiger partial charge in [-0.25, -0.2) is 0 Å². The van der Waals surface area contributed by atoms with Crippen molar-refractivity contribution in [3.8, 4) is 0 Å². The molecule has 0 spiro atoms. The van der Waals surface area contributed by atoms with Gasteiger partial charge in [0.15, 0.2) is 0 Å². The summed E-state index contributed by atoms with van der Waals surface area (Å²) in [6, 6.07) is 0. The molecular formula is O6PbSi2. The first kappa shape index (κ1) is 16.1. The van der Waals surface area contributed by atoms with Crippen LogP contribution in [-0.4, -0.2) is 45.6 Å². The zero-order valence-corrected chi connectivity index (χ0v) is 9.84. The predicted octanol–water partition coefficient (Wildman–Crippen LogP) is -6.14. The Morgan fingerprint density at radius 2 is 0.778 bits per heavy atom. The third-order valence-electron chi connectivity index (χ3n) is 0. The normalized spacial score (nSPS) is 5.33. The Kier molecular flexibility index (Phi) is 19.7. The van der Waals surface area contributed by atoms with Gasteiger partial charge in [-0.3, -0.25) is 0 Å². The molecule has 9 heteroatoms. The maximum Gasteiger partial charge on any atom is 4.00 e. The van der Waals surface area contributed by atoms with Gasteiger partial charge < -0.3 is 28.1 Å². The minimum absolute atomic E-state index is 0. The van der Waals surface area contributed by atoms with Crippen molar-refractivity contribution in [2.24, 2.45) is 0 Å². The Hall–Kier alpha value is 0.156. The molecule has 0 atom stereocenters. The van der Waals surface area contributed by atoms with Crippen molar-refractivity contribution in [1.82, 2.24) is 0 Å². The molecule has 0 aromatic carbocycles. The van der Waals surface area contributed by atoms with Gasteiger partial charge >= 0.3 is 27.3 Å². The zero-order valence-electron chi connectivity index (χ0n) is 3.95. The van der Waals surface area contributed by atoms with Gasteiger partial charge in [-0.15, -0.1) is 0 Å². The van der Waals surface area contributed by atoms with E-state index >= 15 is 0 Å². The molecule has 0 aliphatic carbocycles. The van der Waals surface area contributed by atoms with Crippen LogP contribution in [0.2, 0.25) is 0 Å². The summed E-state index contributed by atoms with van der Waals surface area (Å²) < 4.78 is 17.0. The fourth-order valence-electron chi connectivity index (χ4n) is 0. The molecule has 0 heterocycles. The van der Waals surface area contributed by atoms with Crippen molar-refractivity contribution in [3.63, 3.8) is 0 Å². The van der Waals surface area contributed by atoms with Crippen LogP contribution >= 0.6 is 0 Å². The topological polar surface area (TPSA) is 126 Å². The predicted molar refractivity (Wildman–Crippen MR) is 18.6 cm³/mol. The quantitative estimate of drug-likeness (QED) is 0.396. The first-order valence-corrected chi connectivity index (χ1v) is 3.67. The molecular weight excluding hydrogens is 359 g/mol. The van der Waals surface area contributed by atoms with Gasteiger partial charge in [0.1, 0.15) is 0 Å². The Bertz CT molecular complexity index is 69.1. The molecule has 0 bridgehead atoms. The molecule has 0 rings (SSSR count). The van der Waals surface area contributed by atoms with Gasteiger partial charge in [-0.05, 0) is 0 Å². The van der Waals surface area contributed by atoms with Crippen molar-refractivity contribution in [2.45, 2.75) is 0 Å². The summed E-state index contributed by atoms with van der Waals surface area (Å²) in [5.74, 6) is 0. The van der Waals surface area contributed by atoms with Crippen molar-refractivity contribution in [3.05, 3.63) is 0 Å². The van der Waals surface area contributed by atoms with E-state index < -0.39 is 18.3 Å². The first-order valence-electron chi connectivity index (χ1n) is 1.22. The van der Waals surface area contributed by atoms with E-state index in [4.69, 9.17) is 28.1 Å². The molecule has 48 valence electrons. The van der Waals surface area contributed by atoms with Crippen molar-refractivity contribution in [1.29, 1.82) is 0 Å². The molecule has 6 nitrogen and oxygen atoms in total. The van der Waals surface area contributed by atoms with Gasteiger partial charge in [0.25, 0.3) is 0 Å². The molecule has 0 aromatic rings. The third-order valence-corrected chi connectivity index (χ3v) is 0. The molecule has 0 saturated carbocycles. The number of hydrogen-bond donors (Lipinski definition) is 0. The molecule has 0 amide bonds. The molecule has 0 fully saturated rings. The van der Waals surface area contributed by atoms with Gasteiger partial charge in [0.05, 0.1) is 0 Å². The van der Waals surface area contributed by atoms with Gasteiger partial charge in [0.2, 0.25) is 0 Å². The second-order valence-corrected chi connectivity index (χ2v) is 1.50. The maximum atomic E-state index is 8.52. The van der Waals surface area contributed by atoms with E-state index in [2.05, 4.69) is 0 Å². The standard InChI is InChI=1S/2O3Si.Pb/c2*1-4(2)3;/q2*-2;+4. The van der Waals surface area contributed by atoms with E-state index in [1.807, 2.05) is 0 Å². The average molecular weight is 359 g/mol. The minimum Gasteiger partial charge on any atom is -0.672 e. The summed E-state index contributed by atoms with van der Waals surface area (Å²) >= 11 is 0. The van der Waals surface area contributed by atoms with Gasteiger partial charge in [-0.1, -0.05) is 0 Å². The van der Waals surface area contributed by atoms with E-state index in [0.717, 1.165) is 0 Å². The molecule has 0 radical (unpaired) electrons. The van der Waals surface area contributed by atoms with Crippen LogP contribution in [0.4, 0.5) is 0 Å². The largest absolute Gasteiger partial charge is 4.00 e. The third kappa shape index (κ3) is 12700.